The second-order valence-electron chi connectivity index (χ2n) is 3.37. The van der Waals surface area contributed by atoms with Gasteiger partial charge in [0.15, 0.2) is 0 Å². The van der Waals surface area contributed by atoms with Crippen LogP contribution >= 0.6 is 11.8 Å². The molecule has 0 aromatic heterocycles. The van der Waals surface area contributed by atoms with Crippen molar-refractivity contribution in [1.82, 2.24) is 0 Å². The summed E-state index contributed by atoms with van der Waals surface area (Å²) in [6.07, 6.45) is 6.76. The quantitative estimate of drug-likeness (QED) is 0.658. The minimum Gasteiger partial charge on any atom is -0.161 e. The van der Waals surface area contributed by atoms with E-state index in [9.17, 15) is 0 Å². The first-order valence-corrected chi connectivity index (χ1v) is 6.47. The van der Waals surface area contributed by atoms with E-state index in [-0.39, 0.29) is 0 Å². The van der Waals surface area contributed by atoms with Crippen LogP contribution in [0, 0.1) is 0 Å². The molecule has 0 saturated heterocycles. The lowest BCUT2D eigenvalue weighted by atomic mass is 10.1. The Morgan fingerprint density at radius 2 is 2.00 bits per heavy atom. The maximum atomic E-state index is 2.35. The standard InChI is InChI=1S/C13H18S/c1-3-7-13(11-14-2)10-12-8-5-4-6-9-12/h4-9H,3,10-11H2,1-2H3/b13-7-. The average Bonchev–Trinajstić information content (AvgIpc) is 2.20. The molecule has 0 N–H and O–H groups in total. The second kappa shape index (κ2) is 6.72. The fraction of sp³-hybridized carbons (Fsp3) is 0.385. The van der Waals surface area contributed by atoms with Crippen LogP contribution in [0.5, 0.6) is 0 Å². The summed E-state index contributed by atoms with van der Waals surface area (Å²) < 4.78 is 0. The molecule has 76 valence electrons. The van der Waals surface area contributed by atoms with Gasteiger partial charge in [-0.05, 0) is 24.7 Å². The molecule has 0 nitrogen and oxygen atoms in total. The van der Waals surface area contributed by atoms with Crippen molar-refractivity contribution in [1.29, 1.82) is 0 Å². The van der Waals surface area contributed by atoms with E-state index in [4.69, 9.17) is 0 Å². The van der Waals surface area contributed by atoms with E-state index in [1.165, 1.54) is 5.56 Å². The zero-order valence-corrected chi connectivity index (χ0v) is 9.81. The highest BCUT2D eigenvalue weighted by Gasteiger charge is 1.97. The van der Waals surface area contributed by atoms with Gasteiger partial charge in [0.25, 0.3) is 0 Å². The molecule has 0 heterocycles. The Labute approximate surface area is 91.4 Å². The summed E-state index contributed by atoms with van der Waals surface area (Å²) in [4.78, 5) is 0. The van der Waals surface area contributed by atoms with E-state index in [0.29, 0.717) is 0 Å². The fourth-order valence-electron chi connectivity index (χ4n) is 1.51. The van der Waals surface area contributed by atoms with Crippen molar-refractivity contribution in [2.75, 3.05) is 12.0 Å². The van der Waals surface area contributed by atoms with Crippen LogP contribution in [0.25, 0.3) is 0 Å². The molecule has 1 aromatic carbocycles. The van der Waals surface area contributed by atoms with Gasteiger partial charge in [-0.3, -0.25) is 0 Å². The van der Waals surface area contributed by atoms with Crippen LogP contribution in [0.15, 0.2) is 42.0 Å². The van der Waals surface area contributed by atoms with Crippen LogP contribution in [0.2, 0.25) is 0 Å². The van der Waals surface area contributed by atoms with Gasteiger partial charge in [-0.1, -0.05) is 48.9 Å². The lowest BCUT2D eigenvalue weighted by Crippen LogP contribution is -1.93. The van der Waals surface area contributed by atoms with Crippen LogP contribution < -0.4 is 0 Å². The monoisotopic (exact) mass is 206 g/mol. The molecule has 0 fully saturated rings. The number of hydrogen-bond acceptors (Lipinski definition) is 1. The Morgan fingerprint density at radius 3 is 2.57 bits per heavy atom. The molecule has 14 heavy (non-hydrogen) atoms. The lowest BCUT2D eigenvalue weighted by Gasteiger charge is -2.05. The minimum atomic E-state index is 1.11. The number of benzene rings is 1. The van der Waals surface area contributed by atoms with Crippen molar-refractivity contribution >= 4 is 11.8 Å². The van der Waals surface area contributed by atoms with Crippen molar-refractivity contribution in [2.45, 2.75) is 19.8 Å². The van der Waals surface area contributed by atoms with Gasteiger partial charge < -0.3 is 0 Å². The molecule has 0 spiro atoms. The van der Waals surface area contributed by atoms with Gasteiger partial charge in [0, 0.05) is 5.75 Å². The summed E-state index contributed by atoms with van der Waals surface area (Å²) >= 11 is 1.90. The largest absolute Gasteiger partial charge is 0.161 e. The zero-order valence-electron chi connectivity index (χ0n) is 8.99. The first kappa shape index (κ1) is 11.4. The molecule has 0 amide bonds. The Balaban J connectivity index is 2.60. The van der Waals surface area contributed by atoms with Crippen LogP contribution in [0.4, 0.5) is 0 Å². The zero-order chi connectivity index (χ0) is 10.2. The molecular formula is C13H18S. The average molecular weight is 206 g/mol. The van der Waals surface area contributed by atoms with E-state index < -0.39 is 0 Å². The maximum absolute atomic E-state index is 2.35. The number of thioether (sulfide) groups is 1. The van der Waals surface area contributed by atoms with Crippen molar-refractivity contribution in [3.63, 3.8) is 0 Å². The van der Waals surface area contributed by atoms with E-state index in [0.717, 1.165) is 18.6 Å². The molecule has 0 aliphatic rings. The van der Waals surface area contributed by atoms with E-state index in [1.54, 1.807) is 5.57 Å². The Hall–Kier alpha value is -0.690. The van der Waals surface area contributed by atoms with Crippen LogP contribution in [-0.2, 0) is 6.42 Å². The van der Waals surface area contributed by atoms with Gasteiger partial charge in [-0.2, -0.15) is 11.8 Å². The molecule has 0 aliphatic carbocycles. The lowest BCUT2D eigenvalue weighted by molar-refractivity contribution is 1.09. The van der Waals surface area contributed by atoms with Gasteiger partial charge >= 0.3 is 0 Å². The summed E-state index contributed by atoms with van der Waals surface area (Å²) in [5.41, 5.74) is 2.97. The van der Waals surface area contributed by atoms with Crippen LogP contribution in [0.1, 0.15) is 18.9 Å². The van der Waals surface area contributed by atoms with Crippen molar-refractivity contribution in [3.8, 4) is 0 Å². The highest BCUT2D eigenvalue weighted by molar-refractivity contribution is 7.98. The Morgan fingerprint density at radius 1 is 1.29 bits per heavy atom. The topological polar surface area (TPSA) is 0 Å². The number of allylic oxidation sites excluding steroid dienone is 1. The molecule has 1 aromatic rings. The Kier molecular flexibility index (Phi) is 5.46. The van der Waals surface area contributed by atoms with E-state index in [1.807, 2.05) is 11.8 Å². The van der Waals surface area contributed by atoms with Crippen molar-refractivity contribution < 1.29 is 0 Å². The minimum absolute atomic E-state index is 1.11. The molecule has 1 heteroatoms. The fourth-order valence-corrected chi connectivity index (χ4v) is 2.10. The van der Waals surface area contributed by atoms with Gasteiger partial charge in [-0.15, -0.1) is 0 Å². The predicted molar refractivity (Wildman–Crippen MR) is 66.9 cm³/mol. The van der Waals surface area contributed by atoms with Crippen LogP contribution in [0.3, 0.4) is 0 Å². The first-order chi connectivity index (χ1) is 6.86. The molecule has 0 aliphatic heterocycles. The summed E-state index contributed by atoms with van der Waals surface area (Å²) in [6, 6.07) is 10.7. The molecule has 0 bridgehead atoms. The molecule has 0 unspecified atom stereocenters. The second-order valence-corrected chi connectivity index (χ2v) is 4.23. The summed E-state index contributed by atoms with van der Waals surface area (Å²) in [6.45, 7) is 2.20. The highest BCUT2D eigenvalue weighted by Crippen LogP contribution is 2.12. The predicted octanol–water partition coefficient (Wildman–Crippen LogP) is 3.93. The van der Waals surface area contributed by atoms with Gasteiger partial charge in [0.2, 0.25) is 0 Å². The molecule has 0 saturated carbocycles. The van der Waals surface area contributed by atoms with Crippen LogP contribution in [-0.4, -0.2) is 12.0 Å². The third-order valence-corrected chi connectivity index (χ3v) is 2.76. The summed E-state index contributed by atoms with van der Waals surface area (Å²) in [5.74, 6) is 1.16. The van der Waals surface area contributed by atoms with Gasteiger partial charge in [0.05, 0.1) is 0 Å². The number of rotatable bonds is 5. The summed E-state index contributed by atoms with van der Waals surface area (Å²) in [7, 11) is 0. The molecular weight excluding hydrogens is 188 g/mol. The van der Waals surface area contributed by atoms with E-state index >= 15 is 0 Å². The SMILES string of the molecule is CC/C=C(\CSC)Cc1ccccc1. The third-order valence-electron chi connectivity index (χ3n) is 2.10. The first-order valence-electron chi connectivity index (χ1n) is 5.07. The van der Waals surface area contributed by atoms with Gasteiger partial charge in [-0.25, -0.2) is 0 Å². The maximum Gasteiger partial charge on any atom is 0.0143 e. The van der Waals surface area contributed by atoms with E-state index in [2.05, 4.69) is 49.6 Å². The molecule has 0 radical (unpaired) electrons. The molecule has 0 atom stereocenters. The van der Waals surface area contributed by atoms with Gasteiger partial charge in [0.1, 0.15) is 0 Å². The smallest absolute Gasteiger partial charge is 0.0143 e. The number of hydrogen-bond donors (Lipinski definition) is 0. The van der Waals surface area contributed by atoms with Crippen molar-refractivity contribution in [2.24, 2.45) is 0 Å². The molecule has 1 rings (SSSR count). The Bertz CT molecular complexity index is 275. The normalized spacial score (nSPS) is 11.7. The third kappa shape index (κ3) is 4.01. The summed E-state index contributed by atoms with van der Waals surface area (Å²) in [5, 5.41) is 0. The van der Waals surface area contributed by atoms with Crippen molar-refractivity contribution in [3.05, 3.63) is 47.5 Å². The highest BCUT2D eigenvalue weighted by atomic mass is 32.2.